The highest BCUT2D eigenvalue weighted by atomic mass is 16.5. The fraction of sp³-hybridized carbons (Fsp3) is 0.333. The maximum atomic E-state index is 5.55. The normalized spacial score (nSPS) is 16.8. The summed E-state index contributed by atoms with van der Waals surface area (Å²) in [6, 6.07) is 6.20. The summed E-state index contributed by atoms with van der Waals surface area (Å²) in [4.78, 5) is 18.9. The second kappa shape index (κ2) is 7.10. The van der Waals surface area contributed by atoms with Crippen LogP contribution in [0.3, 0.4) is 0 Å². The molecule has 1 saturated heterocycles. The van der Waals surface area contributed by atoms with Crippen LogP contribution in [0.25, 0.3) is 22.3 Å². The molecule has 4 aromatic rings. The Morgan fingerprint density at radius 3 is 2.73 bits per heavy atom. The Labute approximate surface area is 173 Å². The van der Waals surface area contributed by atoms with E-state index < -0.39 is 0 Å². The lowest BCUT2D eigenvalue weighted by atomic mass is 10.1. The van der Waals surface area contributed by atoms with Gasteiger partial charge in [0.15, 0.2) is 0 Å². The number of pyridine rings is 2. The zero-order valence-electron chi connectivity index (χ0n) is 16.5. The SMILES string of the molecule is c1cc(-c2nccc3c(N4CCn5ccnc5C4)cc(N4CCOCC4)nc23)[nH]n1. The number of nitrogens with zero attached hydrogens (tertiary/aromatic N) is 7. The molecule has 2 aliphatic rings. The number of imidazole rings is 1. The van der Waals surface area contributed by atoms with E-state index in [1.54, 1.807) is 6.20 Å². The molecule has 9 nitrogen and oxygen atoms in total. The van der Waals surface area contributed by atoms with Crippen molar-refractivity contribution >= 4 is 22.4 Å². The number of H-pyrrole nitrogens is 1. The summed E-state index contributed by atoms with van der Waals surface area (Å²) in [7, 11) is 0. The average molecular weight is 402 g/mol. The van der Waals surface area contributed by atoms with Crippen LogP contribution in [-0.2, 0) is 17.8 Å². The Morgan fingerprint density at radius 2 is 1.87 bits per heavy atom. The maximum Gasteiger partial charge on any atom is 0.131 e. The summed E-state index contributed by atoms with van der Waals surface area (Å²) in [5.41, 5.74) is 3.74. The molecule has 0 radical (unpaired) electrons. The van der Waals surface area contributed by atoms with Crippen molar-refractivity contribution in [2.24, 2.45) is 0 Å². The van der Waals surface area contributed by atoms with Crippen molar-refractivity contribution in [3.05, 3.63) is 48.8 Å². The number of fused-ring (bicyclic) bond motifs is 2. The van der Waals surface area contributed by atoms with E-state index in [0.717, 1.165) is 79.9 Å². The molecule has 9 heteroatoms. The summed E-state index contributed by atoms with van der Waals surface area (Å²) in [5, 5.41) is 8.24. The van der Waals surface area contributed by atoms with Crippen LogP contribution in [0.2, 0.25) is 0 Å². The lowest BCUT2D eigenvalue weighted by Gasteiger charge is -2.33. The van der Waals surface area contributed by atoms with Gasteiger partial charge in [0.1, 0.15) is 22.9 Å². The Balaban J connectivity index is 1.53. The number of anilines is 2. The van der Waals surface area contributed by atoms with Crippen LogP contribution in [0.5, 0.6) is 0 Å². The van der Waals surface area contributed by atoms with Crippen molar-refractivity contribution in [3.8, 4) is 11.4 Å². The van der Waals surface area contributed by atoms with Crippen LogP contribution in [0.1, 0.15) is 5.82 Å². The van der Waals surface area contributed by atoms with Gasteiger partial charge in [-0.25, -0.2) is 9.97 Å². The Hall–Kier alpha value is -3.46. The molecule has 6 heterocycles. The second-order valence-electron chi connectivity index (χ2n) is 7.58. The van der Waals surface area contributed by atoms with Gasteiger partial charge in [0.25, 0.3) is 0 Å². The molecule has 0 aliphatic carbocycles. The number of aromatic nitrogens is 6. The molecule has 30 heavy (non-hydrogen) atoms. The van der Waals surface area contributed by atoms with E-state index >= 15 is 0 Å². The van der Waals surface area contributed by atoms with E-state index in [2.05, 4.69) is 52.9 Å². The van der Waals surface area contributed by atoms with Gasteiger partial charge < -0.3 is 19.1 Å². The predicted octanol–water partition coefficient (Wildman–Crippen LogP) is 2.07. The van der Waals surface area contributed by atoms with Crippen molar-refractivity contribution in [1.29, 1.82) is 0 Å². The summed E-state index contributed by atoms with van der Waals surface area (Å²) in [6.45, 7) is 5.73. The number of ether oxygens (including phenoxy) is 1. The third-order valence-corrected chi connectivity index (χ3v) is 5.87. The van der Waals surface area contributed by atoms with Gasteiger partial charge in [-0.15, -0.1) is 0 Å². The van der Waals surface area contributed by atoms with Gasteiger partial charge in [-0.05, 0) is 12.1 Å². The third-order valence-electron chi connectivity index (χ3n) is 5.87. The summed E-state index contributed by atoms with van der Waals surface area (Å²) in [5.74, 6) is 2.05. The Bertz CT molecular complexity index is 1180. The molecule has 2 aliphatic heterocycles. The molecular weight excluding hydrogens is 380 g/mol. The average Bonchev–Trinajstić information content (AvgIpc) is 3.50. The van der Waals surface area contributed by atoms with Crippen LogP contribution >= 0.6 is 0 Å². The predicted molar refractivity (Wildman–Crippen MR) is 113 cm³/mol. The van der Waals surface area contributed by atoms with Gasteiger partial charge in [-0.1, -0.05) is 0 Å². The fourth-order valence-electron chi connectivity index (χ4n) is 4.30. The molecule has 1 fully saturated rings. The molecule has 0 saturated carbocycles. The zero-order chi connectivity index (χ0) is 19.9. The first-order chi connectivity index (χ1) is 14.9. The van der Waals surface area contributed by atoms with Crippen LogP contribution in [0, 0.1) is 0 Å². The van der Waals surface area contributed by atoms with E-state index in [1.165, 1.54) is 5.69 Å². The number of nitrogens with one attached hydrogen (secondary N) is 1. The largest absolute Gasteiger partial charge is 0.378 e. The van der Waals surface area contributed by atoms with Crippen LogP contribution < -0.4 is 9.80 Å². The molecule has 1 N–H and O–H groups in total. The number of hydrogen-bond acceptors (Lipinski definition) is 7. The summed E-state index contributed by atoms with van der Waals surface area (Å²) >= 11 is 0. The quantitative estimate of drug-likeness (QED) is 0.561. The molecule has 0 amide bonds. The fourth-order valence-corrected chi connectivity index (χ4v) is 4.30. The van der Waals surface area contributed by atoms with Gasteiger partial charge >= 0.3 is 0 Å². The third kappa shape index (κ3) is 2.89. The molecule has 0 bridgehead atoms. The number of morpholine rings is 1. The van der Waals surface area contributed by atoms with Crippen molar-refractivity contribution in [2.75, 3.05) is 42.6 Å². The van der Waals surface area contributed by atoms with E-state index in [0.29, 0.717) is 0 Å². The van der Waals surface area contributed by atoms with E-state index in [1.807, 2.05) is 18.5 Å². The molecule has 4 aromatic heterocycles. The van der Waals surface area contributed by atoms with E-state index in [4.69, 9.17) is 9.72 Å². The highest BCUT2D eigenvalue weighted by Crippen LogP contribution is 2.35. The Kier molecular flexibility index (Phi) is 4.12. The van der Waals surface area contributed by atoms with Crippen molar-refractivity contribution in [3.63, 3.8) is 0 Å². The van der Waals surface area contributed by atoms with Gasteiger partial charge in [0.2, 0.25) is 0 Å². The second-order valence-corrected chi connectivity index (χ2v) is 7.58. The number of aromatic amines is 1. The van der Waals surface area contributed by atoms with Gasteiger partial charge in [-0.3, -0.25) is 10.1 Å². The minimum atomic E-state index is 0.719. The molecule has 0 unspecified atom stereocenters. The molecule has 0 spiro atoms. The minimum absolute atomic E-state index is 0.719. The molecule has 152 valence electrons. The molecule has 6 rings (SSSR count). The first-order valence-electron chi connectivity index (χ1n) is 10.2. The lowest BCUT2D eigenvalue weighted by Crippen LogP contribution is -2.37. The van der Waals surface area contributed by atoms with Crippen molar-refractivity contribution in [2.45, 2.75) is 13.1 Å². The highest BCUT2D eigenvalue weighted by Gasteiger charge is 2.23. The van der Waals surface area contributed by atoms with Gasteiger partial charge in [0, 0.05) is 62.4 Å². The zero-order valence-corrected chi connectivity index (χ0v) is 16.5. The summed E-state index contributed by atoms with van der Waals surface area (Å²) < 4.78 is 7.77. The van der Waals surface area contributed by atoms with E-state index in [-0.39, 0.29) is 0 Å². The number of rotatable bonds is 3. The first kappa shape index (κ1) is 17.4. The smallest absolute Gasteiger partial charge is 0.131 e. The topological polar surface area (TPSA) is 88.0 Å². The molecule has 0 atom stereocenters. The van der Waals surface area contributed by atoms with Gasteiger partial charge in [0.05, 0.1) is 31.1 Å². The van der Waals surface area contributed by atoms with Crippen molar-refractivity contribution < 1.29 is 4.74 Å². The molecule has 0 aromatic carbocycles. The number of hydrogen-bond donors (Lipinski definition) is 1. The monoisotopic (exact) mass is 402 g/mol. The Morgan fingerprint density at radius 1 is 0.933 bits per heavy atom. The van der Waals surface area contributed by atoms with E-state index in [9.17, 15) is 0 Å². The van der Waals surface area contributed by atoms with Crippen LogP contribution in [0.4, 0.5) is 11.5 Å². The van der Waals surface area contributed by atoms with Crippen LogP contribution in [-0.4, -0.2) is 62.6 Å². The highest BCUT2D eigenvalue weighted by molar-refractivity contribution is 6.00. The van der Waals surface area contributed by atoms with Crippen LogP contribution in [0.15, 0.2) is 43.0 Å². The van der Waals surface area contributed by atoms with Crippen molar-refractivity contribution in [1.82, 2.24) is 29.7 Å². The minimum Gasteiger partial charge on any atom is -0.378 e. The first-order valence-corrected chi connectivity index (χ1v) is 10.2. The standard InChI is InChI=1S/C21H22N8O/c1-3-23-21(16-2-4-24-26-16)20-15(1)17(13-18(25-20)28-9-11-30-12-10-28)29-8-7-27-6-5-22-19(27)14-29/h1-6,13H,7-12,14H2,(H,24,26). The van der Waals surface area contributed by atoms with Gasteiger partial charge in [-0.2, -0.15) is 5.10 Å². The maximum absolute atomic E-state index is 5.55. The molecular formula is C21H22N8O. The lowest BCUT2D eigenvalue weighted by molar-refractivity contribution is 0.122. The summed E-state index contributed by atoms with van der Waals surface area (Å²) in [6.07, 6.45) is 7.52.